The van der Waals surface area contributed by atoms with Gasteiger partial charge in [0, 0.05) is 12.7 Å². The van der Waals surface area contributed by atoms with Crippen LogP contribution in [0.1, 0.15) is 5.56 Å². The van der Waals surface area contributed by atoms with E-state index in [0.29, 0.717) is 0 Å². The lowest BCUT2D eigenvalue weighted by Crippen LogP contribution is -2.57. The van der Waals surface area contributed by atoms with Gasteiger partial charge >= 0.3 is 12.1 Å². The Morgan fingerprint density at radius 1 is 1.03 bits per heavy atom. The van der Waals surface area contributed by atoms with Crippen LogP contribution in [0.15, 0.2) is 30.3 Å². The molecule has 0 N–H and O–H groups in total. The molecule has 0 aromatic heterocycles. The quantitative estimate of drug-likeness (QED) is 0.507. The molecule has 0 bridgehead atoms. The van der Waals surface area contributed by atoms with Crippen LogP contribution in [-0.4, -0.2) is 65.2 Å². The van der Waals surface area contributed by atoms with Gasteiger partial charge in [-0.3, -0.25) is 0 Å². The van der Waals surface area contributed by atoms with Crippen LogP contribution in [0, 0.1) is 0 Å². The third-order valence-corrected chi connectivity index (χ3v) is 5.77. The number of methoxy groups -OCH3 is 1. The Hall–Kier alpha value is -1.46. The Bertz CT molecular complexity index is 723. The van der Waals surface area contributed by atoms with E-state index in [4.69, 9.17) is 23.4 Å². The Morgan fingerprint density at radius 2 is 1.59 bits per heavy atom. The lowest BCUT2D eigenvalue weighted by Gasteiger charge is -2.39. The summed E-state index contributed by atoms with van der Waals surface area (Å²) in [5, 5.41) is 0. The van der Waals surface area contributed by atoms with Gasteiger partial charge < -0.3 is 23.4 Å². The molecule has 0 saturated carbocycles. The Labute approximate surface area is 168 Å². The number of halogens is 3. The molecule has 10 heteroatoms. The summed E-state index contributed by atoms with van der Waals surface area (Å²) in [6.07, 6.45) is -7.55. The predicted molar refractivity (Wildman–Crippen MR) is 98.8 cm³/mol. The van der Waals surface area contributed by atoms with Gasteiger partial charge in [-0.25, -0.2) is 4.79 Å². The molecule has 0 aliphatic carbocycles. The van der Waals surface area contributed by atoms with Gasteiger partial charge in [-0.2, -0.15) is 13.2 Å². The van der Waals surface area contributed by atoms with Crippen molar-refractivity contribution >= 4 is 14.3 Å². The first-order valence-electron chi connectivity index (χ1n) is 9.29. The molecule has 2 aliphatic rings. The standard InChI is InChI=1S/C19H25F3O6Si/c1-24-13-10-25-16-14(11-26-15(13)16)27-17(23)18(19(20,21)22,28-29(2,3)4)12-8-6-5-7-9-12/h5-9,13-16H,10-11H2,1-4H3/t13-,14+,15+,16+,18-/m0/s1. The molecule has 162 valence electrons. The van der Waals surface area contributed by atoms with Crippen molar-refractivity contribution in [1.29, 1.82) is 0 Å². The summed E-state index contributed by atoms with van der Waals surface area (Å²) in [6, 6.07) is 6.85. The minimum atomic E-state index is -5.03. The largest absolute Gasteiger partial charge is 0.454 e. The number of hydrogen-bond acceptors (Lipinski definition) is 6. The van der Waals surface area contributed by atoms with E-state index >= 15 is 0 Å². The number of carbonyl (C=O) groups is 1. The smallest absolute Gasteiger partial charge is 0.431 e. The van der Waals surface area contributed by atoms with Crippen LogP contribution < -0.4 is 0 Å². The zero-order chi connectivity index (χ0) is 21.4. The van der Waals surface area contributed by atoms with E-state index in [1.165, 1.54) is 31.4 Å². The molecular formula is C19H25F3O6Si. The highest BCUT2D eigenvalue weighted by molar-refractivity contribution is 6.70. The van der Waals surface area contributed by atoms with Gasteiger partial charge in [0.25, 0.3) is 5.60 Å². The first-order valence-corrected chi connectivity index (χ1v) is 12.7. The summed E-state index contributed by atoms with van der Waals surface area (Å²) in [4.78, 5) is 13.1. The number of hydrogen-bond donors (Lipinski definition) is 0. The number of rotatable bonds is 6. The summed E-state index contributed by atoms with van der Waals surface area (Å²) in [5.74, 6) is -1.52. The fraction of sp³-hybridized carbons (Fsp3) is 0.632. The molecule has 6 nitrogen and oxygen atoms in total. The van der Waals surface area contributed by atoms with Gasteiger partial charge in [0.15, 0.2) is 14.4 Å². The number of benzene rings is 1. The molecule has 0 amide bonds. The van der Waals surface area contributed by atoms with Crippen LogP contribution in [0.2, 0.25) is 19.6 Å². The third-order valence-electron chi connectivity index (χ3n) is 4.85. The fourth-order valence-electron chi connectivity index (χ4n) is 3.64. The SMILES string of the molecule is CO[C@H]1CO[C@H]2[C@@H]1OC[C@H]2OC(=O)[C@@](O[Si](C)(C)C)(c1ccccc1)C(F)(F)F. The zero-order valence-corrected chi connectivity index (χ0v) is 17.7. The molecule has 2 heterocycles. The number of ether oxygens (including phenoxy) is 4. The molecule has 0 unspecified atom stereocenters. The summed E-state index contributed by atoms with van der Waals surface area (Å²) in [5.41, 5.74) is -3.55. The molecule has 29 heavy (non-hydrogen) atoms. The molecule has 1 aromatic rings. The summed E-state index contributed by atoms with van der Waals surface area (Å²) in [7, 11) is -1.36. The van der Waals surface area contributed by atoms with Gasteiger partial charge in [-0.05, 0) is 19.6 Å². The van der Waals surface area contributed by atoms with Crippen molar-refractivity contribution in [2.75, 3.05) is 20.3 Å². The molecule has 2 saturated heterocycles. The lowest BCUT2D eigenvalue weighted by atomic mass is 9.93. The van der Waals surface area contributed by atoms with Gasteiger partial charge in [-0.15, -0.1) is 0 Å². The second-order valence-corrected chi connectivity index (χ2v) is 12.5. The average Bonchev–Trinajstić information content (AvgIpc) is 3.21. The number of esters is 1. The van der Waals surface area contributed by atoms with E-state index in [2.05, 4.69) is 0 Å². The van der Waals surface area contributed by atoms with Crippen molar-refractivity contribution in [2.24, 2.45) is 0 Å². The van der Waals surface area contributed by atoms with Crippen LogP contribution in [0.25, 0.3) is 0 Å². The maximum Gasteiger partial charge on any atom is 0.431 e. The van der Waals surface area contributed by atoms with Crippen molar-refractivity contribution in [1.82, 2.24) is 0 Å². The van der Waals surface area contributed by atoms with E-state index in [1.807, 2.05) is 0 Å². The second kappa shape index (κ2) is 7.99. The van der Waals surface area contributed by atoms with Crippen LogP contribution >= 0.6 is 0 Å². The maximum atomic E-state index is 14.4. The molecule has 0 spiro atoms. The highest BCUT2D eigenvalue weighted by Gasteiger charge is 2.66. The minimum absolute atomic E-state index is 0.0728. The number of alkyl halides is 3. The van der Waals surface area contributed by atoms with Crippen LogP contribution in [-0.2, 0) is 33.8 Å². The van der Waals surface area contributed by atoms with E-state index in [0.717, 1.165) is 0 Å². The Balaban J connectivity index is 1.95. The first kappa shape index (κ1) is 22.2. The van der Waals surface area contributed by atoms with Gasteiger partial charge in [0.2, 0.25) is 0 Å². The Morgan fingerprint density at radius 3 is 2.10 bits per heavy atom. The molecular weight excluding hydrogens is 409 g/mol. The third kappa shape index (κ3) is 4.22. The van der Waals surface area contributed by atoms with E-state index in [1.54, 1.807) is 25.7 Å². The Kier molecular flexibility index (Phi) is 6.12. The maximum absolute atomic E-state index is 14.4. The number of fused-ring (bicyclic) bond motifs is 1. The van der Waals surface area contributed by atoms with Gasteiger partial charge in [-0.1, -0.05) is 30.3 Å². The topological polar surface area (TPSA) is 63.2 Å². The summed E-state index contributed by atoms with van der Waals surface area (Å²) >= 11 is 0. The van der Waals surface area contributed by atoms with Crippen LogP contribution in [0.3, 0.4) is 0 Å². The van der Waals surface area contributed by atoms with Crippen molar-refractivity contribution < 1.29 is 41.3 Å². The van der Waals surface area contributed by atoms with Crippen LogP contribution in [0.4, 0.5) is 13.2 Å². The monoisotopic (exact) mass is 434 g/mol. The average molecular weight is 434 g/mol. The summed E-state index contributed by atoms with van der Waals surface area (Å²) in [6.45, 7) is 4.90. The van der Waals surface area contributed by atoms with E-state index in [-0.39, 0.29) is 24.9 Å². The second-order valence-electron chi connectivity index (χ2n) is 8.07. The molecule has 5 atom stereocenters. The van der Waals surface area contributed by atoms with Gasteiger partial charge in [0.05, 0.1) is 13.2 Å². The lowest BCUT2D eigenvalue weighted by molar-refractivity contribution is -0.264. The minimum Gasteiger partial charge on any atom is -0.454 e. The number of carbonyl (C=O) groups excluding carboxylic acids is 1. The first-order chi connectivity index (χ1) is 13.5. The summed E-state index contributed by atoms with van der Waals surface area (Å²) < 4.78 is 70.5. The van der Waals surface area contributed by atoms with Crippen LogP contribution in [0.5, 0.6) is 0 Å². The normalized spacial score (nSPS) is 29.3. The fourth-order valence-corrected chi connectivity index (χ4v) is 4.88. The molecule has 1 aromatic carbocycles. The zero-order valence-electron chi connectivity index (χ0n) is 16.7. The van der Waals surface area contributed by atoms with E-state index < -0.39 is 44.4 Å². The van der Waals surface area contributed by atoms with Crippen molar-refractivity contribution in [3.63, 3.8) is 0 Å². The highest BCUT2D eigenvalue weighted by atomic mass is 28.4. The molecule has 2 aliphatic heterocycles. The van der Waals surface area contributed by atoms with E-state index in [9.17, 15) is 18.0 Å². The van der Waals surface area contributed by atoms with Gasteiger partial charge in [0.1, 0.15) is 18.3 Å². The van der Waals surface area contributed by atoms with Crippen molar-refractivity contribution in [3.05, 3.63) is 35.9 Å². The predicted octanol–water partition coefficient (Wildman–Crippen LogP) is 3.02. The molecule has 2 fully saturated rings. The van der Waals surface area contributed by atoms with Crippen molar-refractivity contribution in [3.8, 4) is 0 Å². The molecule has 0 radical (unpaired) electrons. The van der Waals surface area contributed by atoms with Crippen molar-refractivity contribution in [2.45, 2.75) is 55.8 Å². The highest BCUT2D eigenvalue weighted by Crippen LogP contribution is 2.46. The molecule has 3 rings (SSSR count).